The van der Waals surface area contributed by atoms with Gasteiger partial charge in [-0.3, -0.25) is 0 Å². The molecule has 0 spiro atoms. The van der Waals surface area contributed by atoms with Gasteiger partial charge in [-0.25, -0.2) is 13.1 Å². The number of rotatable bonds is 9. The second-order valence-electron chi connectivity index (χ2n) is 4.86. The highest BCUT2D eigenvalue weighted by atomic mass is 79.9. The number of halogens is 3. The van der Waals surface area contributed by atoms with E-state index in [0.717, 1.165) is 19.3 Å². The van der Waals surface area contributed by atoms with E-state index in [-0.39, 0.29) is 14.9 Å². The molecule has 0 amide bonds. The summed E-state index contributed by atoms with van der Waals surface area (Å²) in [4.78, 5) is -0.0555. The third-order valence-electron chi connectivity index (χ3n) is 3.05. The fraction of sp³-hybridized carbons (Fsp3) is 0.571. The van der Waals surface area contributed by atoms with Crippen molar-refractivity contribution in [3.05, 3.63) is 26.7 Å². The topological polar surface area (TPSA) is 46.2 Å². The quantitative estimate of drug-likeness (QED) is 0.548. The Morgan fingerprint density at radius 2 is 1.57 bits per heavy atom. The summed E-state index contributed by atoms with van der Waals surface area (Å²) >= 11 is 15.2. The third kappa shape index (κ3) is 6.45. The van der Waals surface area contributed by atoms with Gasteiger partial charge in [0.2, 0.25) is 10.0 Å². The first kappa shape index (κ1) is 19.2. The summed E-state index contributed by atoms with van der Waals surface area (Å²) in [5, 5.41) is 0.231. The van der Waals surface area contributed by atoms with Crippen molar-refractivity contribution in [2.75, 3.05) is 6.54 Å². The molecular weight excluding hydrogens is 397 g/mol. The van der Waals surface area contributed by atoms with E-state index in [1.165, 1.54) is 31.4 Å². The molecule has 1 rings (SSSR count). The summed E-state index contributed by atoms with van der Waals surface area (Å²) in [7, 11) is -3.67. The maximum atomic E-state index is 12.2. The van der Waals surface area contributed by atoms with Gasteiger partial charge in [0.1, 0.15) is 4.90 Å². The molecular formula is C14H20BrCl2NO2S. The van der Waals surface area contributed by atoms with Crippen molar-refractivity contribution in [1.82, 2.24) is 4.72 Å². The second-order valence-corrected chi connectivity index (χ2v) is 8.30. The molecule has 0 fully saturated rings. The largest absolute Gasteiger partial charge is 0.243 e. The van der Waals surface area contributed by atoms with Crippen LogP contribution in [-0.2, 0) is 10.0 Å². The number of unbranched alkanes of at least 4 members (excludes halogenated alkanes) is 5. The molecule has 1 aromatic rings. The van der Waals surface area contributed by atoms with Crippen molar-refractivity contribution in [1.29, 1.82) is 0 Å². The molecule has 0 bridgehead atoms. The molecule has 0 heterocycles. The SMILES string of the molecule is CCCCCCCCNS(=O)(=O)c1c(Cl)cc(Br)cc1Cl. The highest BCUT2D eigenvalue weighted by Gasteiger charge is 2.21. The van der Waals surface area contributed by atoms with Crippen LogP contribution in [0.5, 0.6) is 0 Å². The fourth-order valence-electron chi connectivity index (χ4n) is 1.97. The Balaban J connectivity index is 2.55. The van der Waals surface area contributed by atoms with Gasteiger partial charge >= 0.3 is 0 Å². The molecule has 21 heavy (non-hydrogen) atoms. The summed E-state index contributed by atoms with van der Waals surface area (Å²) in [5.41, 5.74) is 0. The molecule has 1 N–H and O–H groups in total. The van der Waals surface area contributed by atoms with Crippen LogP contribution in [0, 0.1) is 0 Å². The Bertz CT molecular complexity index is 541. The molecule has 120 valence electrons. The van der Waals surface area contributed by atoms with Crippen LogP contribution in [0.4, 0.5) is 0 Å². The molecule has 0 unspecified atom stereocenters. The monoisotopic (exact) mass is 415 g/mol. The minimum Gasteiger partial charge on any atom is -0.211 e. The molecule has 0 aliphatic carbocycles. The van der Waals surface area contributed by atoms with Crippen LogP contribution in [0.15, 0.2) is 21.5 Å². The zero-order chi connectivity index (χ0) is 15.9. The molecule has 0 aliphatic heterocycles. The summed E-state index contributed by atoms with van der Waals surface area (Å²) < 4.78 is 27.7. The number of nitrogens with one attached hydrogen (secondary N) is 1. The first-order chi connectivity index (χ1) is 9.88. The van der Waals surface area contributed by atoms with Crippen LogP contribution in [0.3, 0.4) is 0 Å². The first-order valence-corrected chi connectivity index (χ1v) is 10.1. The summed E-state index contributed by atoms with van der Waals surface area (Å²) in [6.45, 7) is 2.57. The summed E-state index contributed by atoms with van der Waals surface area (Å²) in [5.74, 6) is 0. The minimum absolute atomic E-state index is 0.0555. The zero-order valence-electron chi connectivity index (χ0n) is 12.0. The van der Waals surface area contributed by atoms with E-state index in [1.54, 1.807) is 0 Å². The van der Waals surface area contributed by atoms with Crippen molar-refractivity contribution in [2.24, 2.45) is 0 Å². The van der Waals surface area contributed by atoms with E-state index in [9.17, 15) is 8.42 Å². The molecule has 0 saturated heterocycles. The molecule has 3 nitrogen and oxygen atoms in total. The van der Waals surface area contributed by atoms with E-state index in [0.29, 0.717) is 11.0 Å². The van der Waals surface area contributed by atoms with Gasteiger partial charge in [-0.2, -0.15) is 0 Å². The molecule has 1 aromatic carbocycles. The highest BCUT2D eigenvalue weighted by Crippen LogP contribution is 2.32. The van der Waals surface area contributed by atoms with Crippen LogP contribution < -0.4 is 4.72 Å². The van der Waals surface area contributed by atoms with Crippen LogP contribution in [-0.4, -0.2) is 15.0 Å². The van der Waals surface area contributed by atoms with E-state index in [4.69, 9.17) is 23.2 Å². The summed E-state index contributed by atoms with van der Waals surface area (Å²) in [6, 6.07) is 3.04. The van der Waals surface area contributed by atoms with Crippen molar-refractivity contribution < 1.29 is 8.42 Å². The highest BCUT2D eigenvalue weighted by molar-refractivity contribution is 9.10. The summed E-state index contributed by atoms with van der Waals surface area (Å²) in [6.07, 6.45) is 6.60. The maximum absolute atomic E-state index is 12.2. The minimum atomic E-state index is -3.67. The molecule has 0 saturated carbocycles. The van der Waals surface area contributed by atoms with Gasteiger partial charge in [0.25, 0.3) is 0 Å². The van der Waals surface area contributed by atoms with Gasteiger partial charge < -0.3 is 0 Å². The average molecular weight is 417 g/mol. The van der Waals surface area contributed by atoms with E-state index >= 15 is 0 Å². The van der Waals surface area contributed by atoms with Crippen molar-refractivity contribution in [2.45, 2.75) is 50.3 Å². The second kappa shape index (κ2) is 9.36. The van der Waals surface area contributed by atoms with E-state index in [2.05, 4.69) is 27.6 Å². The van der Waals surface area contributed by atoms with Gasteiger partial charge in [-0.15, -0.1) is 0 Å². The van der Waals surface area contributed by atoms with Crippen LogP contribution in [0.25, 0.3) is 0 Å². The van der Waals surface area contributed by atoms with Gasteiger partial charge in [-0.1, -0.05) is 78.2 Å². The maximum Gasteiger partial charge on any atom is 0.243 e. The Labute approximate surface area is 145 Å². The third-order valence-corrected chi connectivity index (χ3v) is 5.89. The van der Waals surface area contributed by atoms with Crippen LogP contribution in [0.2, 0.25) is 10.0 Å². The van der Waals surface area contributed by atoms with E-state index in [1.807, 2.05) is 0 Å². The zero-order valence-corrected chi connectivity index (χ0v) is 15.9. The average Bonchev–Trinajstić information content (AvgIpc) is 2.35. The van der Waals surface area contributed by atoms with Gasteiger partial charge in [-0.05, 0) is 18.6 Å². The number of hydrogen-bond donors (Lipinski definition) is 1. The number of hydrogen-bond acceptors (Lipinski definition) is 2. The van der Waals surface area contributed by atoms with E-state index < -0.39 is 10.0 Å². The number of sulfonamides is 1. The molecule has 7 heteroatoms. The van der Waals surface area contributed by atoms with Gasteiger partial charge in [0.05, 0.1) is 10.0 Å². The smallest absolute Gasteiger partial charge is 0.211 e. The molecule has 0 radical (unpaired) electrons. The first-order valence-electron chi connectivity index (χ1n) is 7.02. The molecule has 0 aromatic heterocycles. The fourth-order valence-corrected chi connectivity index (χ4v) is 4.98. The normalized spacial score (nSPS) is 11.8. The lowest BCUT2D eigenvalue weighted by Gasteiger charge is -2.10. The van der Waals surface area contributed by atoms with Gasteiger partial charge in [0.15, 0.2) is 0 Å². The standard InChI is InChI=1S/C14H20BrCl2NO2S/c1-2-3-4-5-6-7-8-18-21(19,20)14-12(16)9-11(15)10-13(14)17/h9-10,18H,2-8H2,1H3. The number of benzene rings is 1. The lowest BCUT2D eigenvalue weighted by Crippen LogP contribution is -2.25. The predicted octanol–water partition coefficient (Wildman–Crippen LogP) is 5.39. The Hall–Kier alpha value is 0.190. The Kier molecular flexibility index (Phi) is 8.57. The predicted molar refractivity (Wildman–Crippen MR) is 92.7 cm³/mol. The van der Waals surface area contributed by atoms with Crippen LogP contribution in [0.1, 0.15) is 45.4 Å². The Morgan fingerprint density at radius 1 is 1.05 bits per heavy atom. The van der Waals surface area contributed by atoms with Gasteiger partial charge in [0, 0.05) is 11.0 Å². The molecule has 0 atom stereocenters. The lowest BCUT2D eigenvalue weighted by atomic mass is 10.1. The Morgan fingerprint density at radius 3 is 2.14 bits per heavy atom. The van der Waals surface area contributed by atoms with Crippen molar-refractivity contribution in [3.8, 4) is 0 Å². The molecule has 0 aliphatic rings. The van der Waals surface area contributed by atoms with Crippen molar-refractivity contribution in [3.63, 3.8) is 0 Å². The van der Waals surface area contributed by atoms with Crippen molar-refractivity contribution >= 4 is 49.2 Å². The van der Waals surface area contributed by atoms with Crippen LogP contribution >= 0.6 is 39.1 Å². The lowest BCUT2D eigenvalue weighted by molar-refractivity contribution is 0.568.